The Balaban J connectivity index is 1.37. The molecule has 3 aliphatic rings. The number of hydrogen-bond acceptors (Lipinski definition) is 4. The first kappa shape index (κ1) is 34.3. The van der Waals surface area contributed by atoms with Crippen molar-refractivity contribution in [1.82, 2.24) is 4.90 Å². The highest BCUT2D eigenvalue weighted by Crippen LogP contribution is 2.47. The van der Waals surface area contributed by atoms with Crippen LogP contribution >= 0.6 is 0 Å². The summed E-state index contributed by atoms with van der Waals surface area (Å²) in [6.45, 7) is 9.09. The molecule has 2 heterocycles. The van der Waals surface area contributed by atoms with E-state index in [1.807, 2.05) is 0 Å². The number of anilines is 1. The molecular weight excluding hydrogens is 631 g/mol. The summed E-state index contributed by atoms with van der Waals surface area (Å²) in [6, 6.07) is 23.6. The van der Waals surface area contributed by atoms with Gasteiger partial charge < -0.3 is 14.2 Å². The van der Waals surface area contributed by atoms with E-state index in [0.717, 1.165) is 41.7 Å². The second-order valence-corrected chi connectivity index (χ2v) is 15.1. The maximum Gasteiger partial charge on any atom is 0.414 e. The van der Waals surface area contributed by atoms with Gasteiger partial charge in [-0.2, -0.15) is 4.58 Å². The molecule has 7 nitrogen and oxygen atoms in total. The fourth-order valence-electron chi connectivity index (χ4n) is 7.67. The van der Waals surface area contributed by atoms with Crippen molar-refractivity contribution in [2.45, 2.75) is 69.3 Å². The summed E-state index contributed by atoms with van der Waals surface area (Å²) in [5.41, 5.74) is 10.8. The Hall–Kier alpha value is -4.53. The van der Waals surface area contributed by atoms with Crippen molar-refractivity contribution in [1.29, 1.82) is 0 Å². The Kier molecular flexibility index (Phi) is 9.40. The Labute approximate surface area is 292 Å². The molecule has 1 unspecified atom stereocenters. The molecule has 1 aliphatic carbocycles. The Morgan fingerprint density at radius 2 is 1.61 bits per heavy atom. The van der Waals surface area contributed by atoms with Crippen molar-refractivity contribution in [3.8, 4) is 0 Å². The molecule has 2 aliphatic heterocycles. The van der Waals surface area contributed by atoms with E-state index >= 15 is 0 Å². The van der Waals surface area contributed by atoms with Crippen LogP contribution in [0.25, 0.3) is 0 Å². The van der Waals surface area contributed by atoms with Crippen LogP contribution in [0.1, 0.15) is 63.6 Å². The number of rotatable bonds is 7. The number of hydrogen-bond donors (Lipinski definition) is 1. The van der Waals surface area contributed by atoms with Gasteiger partial charge in [-0.25, -0.2) is 9.00 Å². The van der Waals surface area contributed by atoms with Crippen LogP contribution in [-0.2, 0) is 33.3 Å². The summed E-state index contributed by atoms with van der Waals surface area (Å²) in [5, 5.41) is 0. The average molecular weight is 677 g/mol. The van der Waals surface area contributed by atoms with Gasteiger partial charge in [0, 0.05) is 48.6 Å². The van der Waals surface area contributed by atoms with Gasteiger partial charge in [0.05, 0.1) is 16.0 Å². The van der Waals surface area contributed by atoms with E-state index in [4.69, 9.17) is 4.74 Å². The number of likely N-dealkylation sites (N-methyl/N-ethyl adjacent to an activating group) is 2. The molecule has 3 aromatic carbocycles. The SMILES string of the molecule is CN(C(=O)OCc1ccc(S(=O)O)cc1)C1=C(/C=C/C2=[N+](C)c3ccccc3C2(C)C)CCC/C1=C\C=C1\N(C)c2ccccc2C1(C)C. The largest absolute Gasteiger partial charge is 0.444 e. The van der Waals surface area contributed by atoms with Gasteiger partial charge in [0.1, 0.15) is 13.7 Å². The third-order valence-electron chi connectivity index (χ3n) is 10.4. The molecule has 0 saturated heterocycles. The molecule has 49 heavy (non-hydrogen) atoms. The zero-order chi connectivity index (χ0) is 35.1. The molecule has 0 radical (unpaired) electrons. The number of ether oxygens (including phenoxy) is 1. The van der Waals surface area contributed by atoms with E-state index in [-0.39, 0.29) is 17.4 Å². The average Bonchev–Trinajstić information content (AvgIpc) is 3.41. The van der Waals surface area contributed by atoms with Crippen molar-refractivity contribution < 1.29 is 22.9 Å². The first-order valence-electron chi connectivity index (χ1n) is 16.8. The van der Waals surface area contributed by atoms with Gasteiger partial charge >= 0.3 is 6.09 Å². The second-order valence-electron chi connectivity index (χ2n) is 14.1. The first-order chi connectivity index (χ1) is 23.3. The molecule has 0 spiro atoms. The highest BCUT2D eigenvalue weighted by molar-refractivity contribution is 7.79. The van der Waals surface area contributed by atoms with Gasteiger partial charge in [0.2, 0.25) is 5.69 Å². The maximum atomic E-state index is 13.7. The Bertz CT molecular complexity index is 1980. The van der Waals surface area contributed by atoms with Crippen LogP contribution in [0.5, 0.6) is 0 Å². The molecule has 0 fully saturated rings. The van der Waals surface area contributed by atoms with E-state index in [2.05, 4.69) is 124 Å². The van der Waals surface area contributed by atoms with Crippen LogP contribution in [0.15, 0.2) is 125 Å². The molecule has 8 heteroatoms. The number of benzene rings is 3. The third-order valence-corrected chi connectivity index (χ3v) is 11.0. The third kappa shape index (κ3) is 6.35. The fraction of sp³-hybridized carbons (Fsp3) is 0.317. The number of carbonyl (C=O) groups is 1. The van der Waals surface area contributed by atoms with Crippen molar-refractivity contribution in [3.63, 3.8) is 0 Å². The van der Waals surface area contributed by atoms with Gasteiger partial charge in [0.25, 0.3) is 0 Å². The van der Waals surface area contributed by atoms with Crippen LogP contribution < -0.4 is 4.90 Å². The Morgan fingerprint density at radius 1 is 0.939 bits per heavy atom. The molecule has 0 bridgehead atoms. The summed E-state index contributed by atoms with van der Waals surface area (Å²) < 4.78 is 28.8. The molecule has 6 rings (SSSR count). The summed E-state index contributed by atoms with van der Waals surface area (Å²) in [7, 11) is 6.02. The van der Waals surface area contributed by atoms with E-state index in [0.29, 0.717) is 4.90 Å². The summed E-state index contributed by atoms with van der Waals surface area (Å²) >= 11 is -2.06. The smallest absolute Gasteiger partial charge is 0.414 e. The normalized spacial score (nSPS) is 20.3. The van der Waals surface area contributed by atoms with E-state index < -0.39 is 17.2 Å². The van der Waals surface area contributed by atoms with Crippen molar-refractivity contribution >= 4 is 34.3 Å². The number of carbonyl (C=O) groups excluding carboxylic acids is 1. The van der Waals surface area contributed by atoms with Crippen LogP contribution in [0.4, 0.5) is 16.2 Å². The summed E-state index contributed by atoms with van der Waals surface area (Å²) in [6.07, 6.45) is 11.0. The number of allylic oxidation sites excluding steroid dienone is 7. The molecule has 1 N–H and O–H groups in total. The van der Waals surface area contributed by atoms with Gasteiger partial charge in [-0.1, -0.05) is 74.5 Å². The Morgan fingerprint density at radius 3 is 2.29 bits per heavy atom. The molecule has 0 aromatic heterocycles. The predicted molar refractivity (Wildman–Crippen MR) is 198 cm³/mol. The first-order valence-corrected chi connectivity index (χ1v) is 17.9. The number of para-hydroxylation sites is 2. The van der Waals surface area contributed by atoms with Gasteiger partial charge in [-0.05, 0) is 79.7 Å². The summed E-state index contributed by atoms with van der Waals surface area (Å²) in [4.78, 5) is 17.9. The molecule has 0 saturated carbocycles. The van der Waals surface area contributed by atoms with Crippen LogP contribution in [-0.4, -0.2) is 51.2 Å². The lowest BCUT2D eigenvalue weighted by molar-refractivity contribution is -0.401. The van der Waals surface area contributed by atoms with Gasteiger partial charge in [-0.15, -0.1) is 0 Å². The van der Waals surface area contributed by atoms with Crippen LogP contribution in [0.2, 0.25) is 0 Å². The van der Waals surface area contributed by atoms with Gasteiger partial charge in [-0.3, -0.25) is 4.90 Å². The van der Waals surface area contributed by atoms with Crippen LogP contribution in [0.3, 0.4) is 0 Å². The minimum absolute atomic E-state index is 0.0511. The van der Waals surface area contributed by atoms with Crippen molar-refractivity contribution in [2.75, 3.05) is 26.0 Å². The molecular formula is C41H46N3O4S+. The van der Waals surface area contributed by atoms with Crippen LogP contribution in [0, 0.1) is 0 Å². The standard InChI is InChI=1S/C41H45N3O4S/c1-40(2)32-15-8-10-17-34(32)42(5)36(40)25-21-29-13-12-14-30(22-26-37-41(3,4)33-16-9-11-18-35(33)43(37)6)38(29)44(7)39(45)48-27-28-19-23-31(24-20-28)49(46)47/h8-11,15-26H,12-14,27H2,1-7H3/p+1. The highest BCUT2D eigenvalue weighted by Gasteiger charge is 2.43. The lowest BCUT2D eigenvalue weighted by atomic mass is 9.81. The van der Waals surface area contributed by atoms with Crippen molar-refractivity contribution in [2.24, 2.45) is 0 Å². The number of nitrogens with zero attached hydrogens (tertiary/aromatic N) is 3. The minimum atomic E-state index is -2.06. The molecule has 254 valence electrons. The second kappa shape index (κ2) is 13.4. The predicted octanol–water partition coefficient (Wildman–Crippen LogP) is 8.77. The monoisotopic (exact) mass is 676 g/mol. The van der Waals surface area contributed by atoms with E-state index in [9.17, 15) is 13.6 Å². The topological polar surface area (TPSA) is 73.1 Å². The number of amides is 1. The van der Waals surface area contributed by atoms with Gasteiger partial charge in [0.15, 0.2) is 16.8 Å². The van der Waals surface area contributed by atoms with E-state index in [1.165, 1.54) is 33.9 Å². The minimum Gasteiger partial charge on any atom is -0.444 e. The summed E-state index contributed by atoms with van der Waals surface area (Å²) in [5.74, 6) is 0. The quantitative estimate of drug-likeness (QED) is 0.200. The number of fused-ring (bicyclic) bond motifs is 2. The highest BCUT2D eigenvalue weighted by atomic mass is 32.2. The molecule has 1 atom stereocenters. The fourth-order valence-corrected chi connectivity index (χ4v) is 8.03. The molecule has 1 amide bonds. The lowest BCUT2D eigenvalue weighted by Crippen LogP contribution is -2.30. The lowest BCUT2D eigenvalue weighted by Gasteiger charge is -2.29. The zero-order valence-electron chi connectivity index (χ0n) is 29.5. The zero-order valence-corrected chi connectivity index (χ0v) is 30.3. The molecule has 3 aromatic rings. The van der Waals surface area contributed by atoms with Crippen molar-refractivity contribution in [3.05, 3.63) is 136 Å². The van der Waals surface area contributed by atoms with E-state index in [1.54, 1.807) is 36.2 Å². The maximum absolute atomic E-state index is 13.7.